The number of aromatic hydroxyl groups is 1. The summed E-state index contributed by atoms with van der Waals surface area (Å²) >= 11 is 0. The fourth-order valence-electron chi connectivity index (χ4n) is 2.61. The molecule has 1 fully saturated rings. The first kappa shape index (κ1) is 13.4. The predicted octanol–water partition coefficient (Wildman–Crippen LogP) is 2.95. The number of phenols is 1. The molecule has 0 aliphatic carbocycles. The van der Waals surface area contributed by atoms with Gasteiger partial charge in [0, 0.05) is 19.2 Å². The summed E-state index contributed by atoms with van der Waals surface area (Å²) in [4.78, 5) is 2.41. The Morgan fingerprint density at radius 2 is 2.33 bits per heavy atom. The van der Waals surface area contributed by atoms with Gasteiger partial charge in [0.15, 0.2) is 0 Å². The van der Waals surface area contributed by atoms with Crippen molar-refractivity contribution in [3.8, 4) is 5.75 Å². The van der Waals surface area contributed by atoms with Crippen molar-refractivity contribution in [3.63, 3.8) is 0 Å². The van der Waals surface area contributed by atoms with Gasteiger partial charge in [-0.3, -0.25) is 4.90 Å². The Morgan fingerprint density at radius 3 is 2.94 bits per heavy atom. The van der Waals surface area contributed by atoms with E-state index in [4.69, 9.17) is 4.74 Å². The highest BCUT2D eigenvalue weighted by molar-refractivity contribution is 5.29. The zero-order valence-electron chi connectivity index (χ0n) is 11.3. The first-order valence-electron chi connectivity index (χ1n) is 6.85. The van der Waals surface area contributed by atoms with Gasteiger partial charge in [-0.15, -0.1) is 0 Å². The van der Waals surface area contributed by atoms with Crippen LogP contribution < -0.4 is 0 Å². The molecule has 1 N–H and O–H groups in total. The maximum Gasteiger partial charge on any atom is 0.115 e. The van der Waals surface area contributed by atoms with Crippen LogP contribution in [0, 0.1) is 0 Å². The van der Waals surface area contributed by atoms with E-state index in [1.165, 1.54) is 12.8 Å². The van der Waals surface area contributed by atoms with Gasteiger partial charge in [-0.1, -0.05) is 19.1 Å². The molecule has 0 spiro atoms. The summed E-state index contributed by atoms with van der Waals surface area (Å²) < 4.78 is 5.70. The molecule has 1 aromatic carbocycles. The summed E-state index contributed by atoms with van der Waals surface area (Å²) in [6, 6.07) is 7.85. The Hall–Kier alpha value is -1.06. The van der Waals surface area contributed by atoms with Crippen molar-refractivity contribution in [1.29, 1.82) is 0 Å². The summed E-state index contributed by atoms with van der Waals surface area (Å²) in [5, 5.41) is 9.56. The van der Waals surface area contributed by atoms with E-state index in [1.807, 2.05) is 12.1 Å². The number of nitrogens with zero attached hydrogens (tertiary/aromatic N) is 1. The topological polar surface area (TPSA) is 32.7 Å². The molecular formula is C15H23NO2. The van der Waals surface area contributed by atoms with Gasteiger partial charge in [0.1, 0.15) is 5.75 Å². The molecule has 3 nitrogen and oxygen atoms in total. The maximum absolute atomic E-state index is 9.56. The van der Waals surface area contributed by atoms with Crippen LogP contribution in [0.3, 0.4) is 0 Å². The molecule has 0 aromatic heterocycles. The van der Waals surface area contributed by atoms with Crippen molar-refractivity contribution < 1.29 is 9.84 Å². The van der Waals surface area contributed by atoms with Gasteiger partial charge in [0.25, 0.3) is 0 Å². The molecule has 1 aliphatic heterocycles. The largest absolute Gasteiger partial charge is 0.508 e. The molecule has 0 amide bonds. The molecule has 1 saturated heterocycles. The van der Waals surface area contributed by atoms with Crippen molar-refractivity contribution in [3.05, 3.63) is 29.8 Å². The zero-order chi connectivity index (χ0) is 13.0. The molecule has 0 radical (unpaired) electrons. The van der Waals surface area contributed by atoms with Crippen LogP contribution >= 0.6 is 0 Å². The Morgan fingerprint density at radius 1 is 1.50 bits per heavy atom. The van der Waals surface area contributed by atoms with E-state index in [2.05, 4.69) is 24.8 Å². The van der Waals surface area contributed by atoms with Crippen molar-refractivity contribution >= 4 is 0 Å². The van der Waals surface area contributed by atoms with Crippen LogP contribution in [0.5, 0.6) is 5.75 Å². The summed E-state index contributed by atoms with van der Waals surface area (Å²) in [5.41, 5.74) is 1.16. The third kappa shape index (κ3) is 3.24. The monoisotopic (exact) mass is 249 g/mol. The molecule has 100 valence electrons. The quantitative estimate of drug-likeness (QED) is 0.871. The molecule has 18 heavy (non-hydrogen) atoms. The van der Waals surface area contributed by atoms with Crippen molar-refractivity contribution in [1.82, 2.24) is 4.90 Å². The van der Waals surface area contributed by atoms with E-state index < -0.39 is 0 Å². The van der Waals surface area contributed by atoms with Gasteiger partial charge in [-0.25, -0.2) is 0 Å². The first-order valence-corrected chi connectivity index (χ1v) is 6.85. The van der Waals surface area contributed by atoms with E-state index in [-0.39, 0.29) is 0 Å². The molecule has 1 aromatic rings. The smallest absolute Gasteiger partial charge is 0.115 e. The molecule has 2 rings (SSSR count). The minimum Gasteiger partial charge on any atom is -0.508 e. The summed E-state index contributed by atoms with van der Waals surface area (Å²) in [6.07, 6.45) is 2.73. The Balaban J connectivity index is 2.02. The Kier molecular flexibility index (Phi) is 4.61. The second kappa shape index (κ2) is 6.21. The number of rotatable bonds is 5. The Labute approximate surface area is 109 Å². The maximum atomic E-state index is 9.56. The third-order valence-electron chi connectivity index (χ3n) is 3.77. The average Bonchev–Trinajstić information content (AvgIpc) is 2.88. The van der Waals surface area contributed by atoms with Gasteiger partial charge in [-0.2, -0.15) is 0 Å². The number of phenolic OH excluding ortho intramolecular Hbond substituents is 1. The molecule has 2 atom stereocenters. The average molecular weight is 249 g/mol. The zero-order valence-corrected chi connectivity index (χ0v) is 11.3. The predicted molar refractivity (Wildman–Crippen MR) is 72.7 cm³/mol. The minimum absolute atomic E-state index is 0.311. The van der Waals surface area contributed by atoms with Crippen molar-refractivity contribution in [2.75, 3.05) is 19.7 Å². The Bertz CT molecular complexity index is 375. The third-order valence-corrected chi connectivity index (χ3v) is 3.77. The molecule has 1 heterocycles. The minimum atomic E-state index is 0.311. The SMILES string of the molecule is CCN(CC1CCCO1)C(C)c1cccc(O)c1. The van der Waals surface area contributed by atoms with Gasteiger partial charge in [-0.05, 0) is 44.0 Å². The van der Waals surface area contributed by atoms with E-state index in [1.54, 1.807) is 6.07 Å². The second-order valence-corrected chi connectivity index (χ2v) is 4.99. The standard InChI is InChI=1S/C15H23NO2/c1-3-16(11-15-8-5-9-18-15)12(2)13-6-4-7-14(17)10-13/h4,6-7,10,12,15,17H,3,5,8-9,11H2,1-2H3. The van der Waals surface area contributed by atoms with Crippen LogP contribution in [-0.4, -0.2) is 35.8 Å². The molecule has 2 unspecified atom stereocenters. The van der Waals surface area contributed by atoms with Crippen LogP contribution in [0.1, 0.15) is 38.3 Å². The number of likely N-dealkylation sites (N-methyl/N-ethyl adjacent to an activating group) is 1. The van der Waals surface area contributed by atoms with Gasteiger partial charge >= 0.3 is 0 Å². The lowest BCUT2D eigenvalue weighted by molar-refractivity contribution is 0.0618. The number of hydrogen-bond donors (Lipinski definition) is 1. The van der Waals surface area contributed by atoms with Crippen LogP contribution in [0.15, 0.2) is 24.3 Å². The molecule has 3 heteroatoms. The highest BCUT2D eigenvalue weighted by Gasteiger charge is 2.22. The lowest BCUT2D eigenvalue weighted by atomic mass is 10.1. The number of hydrogen-bond acceptors (Lipinski definition) is 3. The molecule has 0 bridgehead atoms. The highest BCUT2D eigenvalue weighted by atomic mass is 16.5. The summed E-state index contributed by atoms with van der Waals surface area (Å²) in [6.45, 7) is 7.24. The fraction of sp³-hybridized carbons (Fsp3) is 0.600. The van der Waals surface area contributed by atoms with Crippen LogP contribution in [0.25, 0.3) is 0 Å². The normalized spacial score (nSPS) is 21.4. The van der Waals surface area contributed by atoms with Crippen LogP contribution in [-0.2, 0) is 4.74 Å². The van der Waals surface area contributed by atoms with E-state index >= 15 is 0 Å². The van der Waals surface area contributed by atoms with Gasteiger partial charge < -0.3 is 9.84 Å². The van der Waals surface area contributed by atoms with E-state index in [9.17, 15) is 5.11 Å². The summed E-state index contributed by atoms with van der Waals surface area (Å²) in [5.74, 6) is 0.340. The number of benzene rings is 1. The van der Waals surface area contributed by atoms with Gasteiger partial charge in [0.05, 0.1) is 6.10 Å². The van der Waals surface area contributed by atoms with Gasteiger partial charge in [0.2, 0.25) is 0 Å². The van der Waals surface area contributed by atoms with Crippen molar-refractivity contribution in [2.24, 2.45) is 0 Å². The highest BCUT2D eigenvalue weighted by Crippen LogP contribution is 2.25. The fourth-order valence-corrected chi connectivity index (χ4v) is 2.61. The number of ether oxygens (including phenoxy) is 1. The molecular weight excluding hydrogens is 226 g/mol. The molecule has 0 saturated carbocycles. The van der Waals surface area contributed by atoms with E-state index in [0.29, 0.717) is 17.9 Å². The van der Waals surface area contributed by atoms with Crippen LogP contribution in [0.2, 0.25) is 0 Å². The van der Waals surface area contributed by atoms with Crippen molar-refractivity contribution in [2.45, 2.75) is 38.8 Å². The van der Waals surface area contributed by atoms with Crippen LogP contribution in [0.4, 0.5) is 0 Å². The lowest BCUT2D eigenvalue weighted by Crippen LogP contribution is -2.34. The second-order valence-electron chi connectivity index (χ2n) is 4.99. The summed E-state index contributed by atoms with van der Waals surface area (Å²) in [7, 11) is 0. The molecule has 1 aliphatic rings. The lowest BCUT2D eigenvalue weighted by Gasteiger charge is -2.30. The first-order chi connectivity index (χ1) is 8.70. The van der Waals surface area contributed by atoms with E-state index in [0.717, 1.165) is 25.3 Å².